The van der Waals surface area contributed by atoms with Gasteiger partial charge < -0.3 is 10.1 Å². The van der Waals surface area contributed by atoms with E-state index in [1.807, 2.05) is 32.0 Å². The summed E-state index contributed by atoms with van der Waals surface area (Å²) in [7, 11) is 1.68. The van der Waals surface area contributed by atoms with E-state index in [2.05, 4.69) is 26.7 Å². The number of nitrogens with zero attached hydrogens (tertiary/aromatic N) is 2. The molecule has 0 unspecified atom stereocenters. The van der Waals surface area contributed by atoms with Crippen molar-refractivity contribution in [2.24, 2.45) is 0 Å². The summed E-state index contributed by atoms with van der Waals surface area (Å²) < 4.78 is 5.32. The Hall–Kier alpha value is -2.14. The first-order valence-corrected chi connectivity index (χ1v) is 8.14. The van der Waals surface area contributed by atoms with Gasteiger partial charge in [0.15, 0.2) is 0 Å². The van der Waals surface area contributed by atoms with Crippen LogP contribution in [0.3, 0.4) is 0 Å². The van der Waals surface area contributed by atoms with E-state index < -0.39 is 0 Å². The summed E-state index contributed by atoms with van der Waals surface area (Å²) in [6.07, 6.45) is 0.922. The van der Waals surface area contributed by atoms with Gasteiger partial charge in [0.05, 0.1) is 17.6 Å². The van der Waals surface area contributed by atoms with Crippen molar-refractivity contribution in [3.8, 4) is 5.75 Å². The highest BCUT2D eigenvalue weighted by atomic mass is 32.1. The van der Waals surface area contributed by atoms with Gasteiger partial charge in [-0.05, 0) is 38.1 Å². The summed E-state index contributed by atoms with van der Waals surface area (Å²) in [5.74, 6) is 0.844. The smallest absolute Gasteiger partial charge is 0.119 e. The van der Waals surface area contributed by atoms with Crippen LogP contribution in [-0.4, -0.2) is 23.6 Å². The second-order valence-corrected chi connectivity index (χ2v) is 6.20. The number of hydrogen-bond acceptors (Lipinski definition) is 5. The molecule has 4 nitrogen and oxygen atoms in total. The molecule has 1 aromatic carbocycles. The van der Waals surface area contributed by atoms with Gasteiger partial charge in [-0.25, -0.2) is 4.98 Å². The van der Waals surface area contributed by atoms with Crippen LogP contribution in [0.2, 0.25) is 0 Å². The quantitative estimate of drug-likeness (QED) is 0.774. The molecule has 2 aromatic heterocycles. The molecule has 0 aliphatic heterocycles. The molecule has 5 heteroatoms. The molecule has 0 aliphatic carbocycles. The summed E-state index contributed by atoms with van der Waals surface area (Å²) >= 11 is 1.71. The zero-order chi connectivity index (χ0) is 15.5. The van der Waals surface area contributed by atoms with Crippen LogP contribution in [0.5, 0.6) is 5.75 Å². The SMILES string of the molecule is COc1ccc2nc(C)cc(NCCc3nc(C)cs3)c2c1. The van der Waals surface area contributed by atoms with Crippen molar-refractivity contribution in [3.63, 3.8) is 0 Å². The summed E-state index contributed by atoms with van der Waals surface area (Å²) in [5.41, 5.74) is 4.17. The van der Waals surface area contributed by atoms with Gasteiger partial charge in [-0.2, -0.15) is 0 Å². The average Bonchev–Trinajstić information content (AvgIpc) is 2.92. The highest BCUT2D eigenvalue weighted by Gasteiger charge is 2.06. The Morgan fingerprint density at radius 1 is 1.14 bits per heavy atom. The Kier molecular flexibility index (Phi) is 4.24. The number of fused-ring (bicyclic) bond motifs is 1. The predicted molar refractivity (Wildman–Crippen MR) is 92.1 cm³/mol. The average molecular weight is 313 g/mol. The highest BCUT2D eigenvalue weighted by Crippen LogP contribution is 2.27. The van der Waals surface area contributed by atoms with E-state index in [1.165, 1.54) is 0 Å². The summed E-state index contributed by atoms with van der Waals surface area (Å²) in [4.78, 5) is 9.07. The standard InChI is InChI=1S/C17H19N3OS/c1-11-8-16(18-7-6-17-20-12(2)10-22-17)14-9-13(21-3)4-5-15(14)19-11/h4-5,8-10H,6-7H2,1-3H3,(H,18,19). The number of aromatic nitrogens is 2. The van der Waals surface area contributed by atoms with E-state index in [1.54, 1.807) is 18.4 Å². The van der Waals surface area contributed by atoms with Crippen LogP contribution < -0.4 is 10.1 Å². The molecule has 22 heavy (non-hydrogen) atoms. The summed E-state index contributed by atoms with van der Waals surface area (Å²) in [6.45, 7) is 4.89. The van der Waals surface area contributed by atoms with Gasteiger partial charge in [0.25, 0.3) is 0 Å². The third kappa shape index (κ3) is 3.20. The number of pyridine rings is 1. The number of benzene rings is 1. The second-order valence-electron chi connectivity index (χ2n) is 5.25. The molecule has 3 aromatic rings. The van der Waals surface area contributed by atoms with Crippen molar-refractivity contribution < 1.29 is 4.74 Å². The third-order valence-corrected chi connectivity index (χ3v) is 4.49. The number of thiazole rings is 1. The van der Waals surface area contributed by atoms with Gasteiger partial charge in [0.2, 0.25) is 0 Å². The topological polar surface area (TPSA) is 47.0 Å². The fourth-order valence-electron chi connectivity index (χ4n) is 2.43. The second kappa shape index (κ2) is 6.32. The lowest BCUT2D eigenvalue weighted by molar-refractivity contribution is 0.415. The van der Waals surface area contributed by atoms with Crippen LogP contribution in [0, 0.1) is 13.8 Å². The number of anilines is 1. The molecule has 0 atom stereocenters. The largest absolute Gasteiger partial charge is 0.497 e. The molecule has 0 aliphatic rings. The van der Waals surface area contributed by atoms with Crippen molar-refractivity contribution in [1.82, 2.24) is 9.97 Å². The molecular weight excluding hydrogens is 294 g/mol. The Bertz CT molecular complexity index is 798. The van der Waals surface area contributed by atoms with Crippen molar-refractivity contribution in [2.75, 3.05) is 19.0 Å². The van der Waals surface area contributed by atoms with Crippen LogP contribution in [-0.2, 0) is 6.42 Å². The zero-order valence-corrected chi connectivity index (χ0v) is 13.8. The van der Waals surface area contributed by atoms with E-state index in [-0.39, 0.29) is 0 Å². The van der Waals surface area contributed by atoms with Crippen LogP contribution >= 0.6 is 11.3 Å². The van der Waals surface area contributed by atoms with E-state index in [4.69, 9.17) is 4.74 Å². The zero-order valence-electron chi connectivity index (χ0n) is 13.0. The fraction of sp³-hybridized carbons (Fsp3) is 0.294. The maximum absolute atomic E-state index is 5.32. The van der Waals surface area contributed by atoms with Gasteiger partial charge in [-0.3, -0.25) is 4.98 Å². The Balaban J connectivity index is 1.82. The Morgan fingerprint density at radius 2 is 2.00 bits per heavy atom. The number of ether oxygens (including phenoxy) is 1. The van der Waals surface area contributed by atoms with Crippen molar-refractivity contribution >= 4 is 27.9 Å². The van der Waals surface area contributed by atoms with Gasteiger partial charge in [-0.1, -0.05) is 0 Å². The van der Waals surface area contributed by atoms with E-state index in [0.29, 0.717) is 0 Å². The molecule has 0 fully saturated rings. The van der Waals surface area contributed by atoms with Crippen LogP contribution in [0.4, 0.5) is 5.69 Å². The van der Waals surface area contributed by atoms with Gasteiger partial charge in [-0.15, -0.1) is 11.3 Å². The Labute approximate surface area is 134 Å². The van der Waals surface area contributed by atoms with E-state index in [0.717, 1.165) is 51.7 Å². The van der Waals surface area contributed by atoms with Crippen molar-refractivity contribution in [3.05, 3.63) is 46.0 Å². The Morgan fingerprint density at radius 3 is 2.73 bits per heavy atom. The molecule has 0 spiro atoms. The lowest BCUT2D eigenvalue weighted by atomic mass is 10.1. The van der Waals surface area contributed by atoms with Gasteiger partial charge >= 0.3 is 0 Å². The predicted octanol–water partition coefficient (Wildman–Crippen LogP) is 3.97. The lowest BCUT2D eigenvalue weighted by Crippen LogP contribution is -2.06. The monoisotopic (exact) mass is 313 g/mol. The van der Waals surface area contributed by atoms with Crippen molar-refractivity contribution in [1.29, 1.82) is 0 Å². The molecule has 114 valence electrons. The first-order valence-electron chi connectivity index (χ1n) is 7.26. The lowest BCUT2D eigenvalue weighted by Gasteiger charge is -2.11. The minimum absolute atomic E-state index is 0.844. The van der Waals surface area contributed by atoms with Gasteiger partial charge in [0.1, 0.15) is 5.75 Å². The minimum atomic E-state index is 0.844. The molecule has 0 saturated heterocycles. The molecule has 1 N–H and O–H groups in total. The maximum atomic E-state index is 5.32. The number of methoxy groups -OCH3 is 1. The van der Waals surface area contributed by atoms with Gasteiger partial charge in [0, 0.05) is 40.8 Å². The molecule has 3 rings (SSSR count). The first-order chi connectivity index (χ1) is 10.7. The van der Waals surface area contributed by atoms with E-state index in [9.17, 15) is 0 Å². The number of rotatable bonds is 5. The molecule has 0 bridgehead atoms. The maximum Gasteiger partial charge on any atom is 0.119 e. The van der Waals surface area contributed by atoms with Crippen LogP contribution in [0.1, 0.15) is 16.4 Å². The van der Waals surface area contributed by atoms with E-state index >= 15 is 0 Å². The molecule has 0 amide bonds. The molecular formula is C17H19N3OS. The van der Waals surface area contributed by atoms with Crippen LogP contribution in [0.15, 0.2) is 29.6 Å². The molecule has 0 saturated carbocycles. The number of aryl methyl sites for hydroxylation is 2. The fourth-order valence-corrected chi connectivity index (χ4v) is 3.21. The highest BCUT2D eigenvalue weighted by molar-refractivity contribution is 7.09. The number of nitrogens with one attached hydrogen (secondary N) is 1. The molecule has 0 radical (unpaired) electrons. The van der Waals surface area contributed by atoms with Crippen molar-refractivity contribution in [2.45, 2.75) is 20.3 Å². The normalized spacial score (nSPS) is 10.9. The summed E-state index contributed by atoms with van der Waals surface area (Å²) in [6, 6.07) is 8.04. The number of hydrogen-bond donors (Lipinski definition) is 1. The van der Waals surface area contributed by atoms with Crippen LogP contribution in [0.25, 0.3) is 10.9 Å². The minimum Gasteiger partial charge on any atom is -0.497 e. The molecule has 2 heterocycles. The third-order valence-electron chi connectivity index (χ3n) is 3.46. The summed E-state index contributed by atoms with van der Waals surface area (Å²) in [5, 5.41) is 7.85. The first kappa shape index (κ1) is 14.8.